The van der Waals surface area contributed by atoms with Gasteiger partial charge in [-0.05, 0) is 31.4 Å². The van der Waals surface area contributed by atoms with Crippen LogP contribution in [0.2, 0.25) is 0 Å². The van der Waals surface area contributed by atoms with E-state index in [-0.39, 0.29) is 17.7 Å². The fraction of sp³-hybridized carbons (Fsp3) is 0.846. The monoisotopic (exact) mass is 271 g/mol. The number of hydrogen-bond acceptors (Lipinski definition) is 3. The Morgan fingerprint density at radius 1 is 1.06 bits per heavy atom. The molecular weight excluding hydrogens is 250 g/mol. The highest BCUT2D eigenvalue weighted by atomic mass is 32.2. The van der Waals surface area contributed by atoms with E-state index in [1.165, 1.54) is 0 Å². The van der Waals surface area contributed by atoms with Crippen LogP contribution < -0.4 is 0 Å². The van der Waals surface area contributed by atoms with Crippen molar-refractivity contribution in [1.29, 1.82) is 0 Å². The first kappa shape index (κ1) is 13.7. The van der Waals surface area contributed by atoms with E-state index >= 15 is 0 Å². The average Bonchev–Trinajstić information content (AvgIpc) is 2.67. The van der Waals surface area contributed by atoms with Crippen LogP contribution in [0.15, 0.2) is 0 Å². The van der Waals surface area contributed by atoms with Gasteiger partial charge in [0.2, 0.25) is 5.91 Å². The molecule has 0 aromatic rings. The van der Waals surface area contributed by atoms with Crippen molar-refractivity contribution in [3.05, 3.63) is 0 Å². The van der Waals surface area contributed by atoms with Gasteiger partial charge >= 0.3 is 5.97 Å². The van der Waals surface area contributed by atoms with E-state index in [0.717, 1.165) is 50.3 Å². The molecule has 2 fully saturated rings. The molecule has 1 amide bonds. The summed E-state index contributed by atoms with van der Waals surface area (Å²) in [6.45, 7) is 1.68. The Morgan fingerprint density at radius 3 is 2.61 bits per heavy atom. The van der Waals surface area contributed by atoms with Crippen LogP contribution >= 0.6 is 11.8 Å². The van der Waals surface area contributed by atoms with Gasteiger partial charge in [-0.2, -0.15) is 11.8 Å². The van der Waals surface area contributed by atoms with E-state index in [9.17, 15) is 9.59 Å². The molecule has 1 heterocycles. The molecule has 18 heavy (non-hydrogen) atoms. The summed E-state index contributed by atoms with van der Waals surface area (Å²) >= 11 is 1.90. The predicted molar refractivity (Wildman–Crippen MR) is 71.6 cm³/mol. The number of carboxylic acid groups (broad SMARTS) is 1. The van der Waals surface area contributed by atoms with Gasteiger partial charge in [-0.1, -0.05) is 6.42 Å². The lowest BCUT2D eigenvalue weighted by Crippen LogP contribution is -2.40. The van der Waals surface area contributed by atoms with Gasteiger partial charge in [0.1, 0.15) is 0 Å². The van der Waals surface area contributed by atoms with Crippen LogP contribution in [0.5, 0.6) is 0 Å². The number of amides is 1. The fourth-order valence-electron chi connectivity index (χ4n) is 2.86. The number of rotatable bonds is 2. The highest BCUT2D eigenvalue weighted by Gasteiger charge is 2.33. The molecule has 1 saturated heterocycles. The number of carbonyl (C=O) groups excluding carboxylic acids is 1. The molecule has 0 bridgehead atoms. The molecule has 0 aromatic carbocycles. The first-order chi connectivity index (χ1) is 8.68. The summed E-state index contributed by atoms with van der Waals surface area (Å²) < 4.78 is 0. The number of carboxylic acids is 1. The van der Waals surface area contributed by atoms with Gasteiger partial charge < -0.3 is 10.0 Å². The summed E-state index contributed by atoms with van der Waals surface area (Å²) in [6, 6.07) is 0. The number of hydrogen-bond donors (Lipinski definition) is 1. The zero-order valence-electron chi connectivity index (χ0n) is 10.6. The molecule has 2 rings (SSSR count). The standard InChI is InChI=1S/C13H21NO3S/c15-12(14-5-2-7-18-8-6-14)10-3-1-4-11(9-10)13(16)17/h10-11H,1-9H2,(H,16,17)/t10-,11-/m0/s1. The van der Waals surface area contributed by atoms with Crippen LogP contribution in [0.25, 0.3) is 0 Å². The molecule has 2 atom stereocenters. The predicted octanol–water partition coefficient (Wildman–Crippen LogP) is 1.84. The number of aliphatic carboxylic acids is 1. The van der Waals surface area contributed by atoms with Gasteiger partial charge in [0, 0.05) is 24.8 Å². The molecule has 0 unspecified atom stereocenters. The first-order valence-electron chi connectivity index (χ1n) is 6.78. The summed E-state index contributed by atoms with van der Waals surface area (Å²) in [4.78, 5) is 25.4. The maximum Gasteiger partial charge on any atom is 0.306 e. The molecule has 1 N–H and O–H groups in total. The average molecular weight is 271 g/mol. The molecule has 1 saturated carbocycles. The molecule has 0 spiro atoms. The van der Waals surface area contributed by atoms with Gasteiger partial charge in [-0.15, -0.1) is 0 Å². The zero-order chi connectivity index (χ0) is 13.0. The van der Waals surface area contributed by atoms with Crippen LogP contribution in [-0.2, 0) is 9.59 Å². The lowest BCUT2D eigenvalue weighted by Gasteiger charge is -2.30. The molecule has 0 aromatic heterocycles. The van der Waals surface area contributed by atoms with Gasteiger partial charge in [-0.3, -0.25) is 9.59 Å². The molecule has 0 radical (unpaired) electrons. The normalized spacial score (nSPS) is 29.7. The molecule has 4 nitrogen and oxygen atoms in total. The van der Waals surface area contributed by atoms with Crippen LogP contribution in [-0.4, -0.2) is 46.5 Å². The summed E-state index contributed by atoms with van der Waals surface area (Å²) in [7, 11) is 0. The third-order valence-corrected chi connectivity index (χ3v) is 4.96. The van der Waals surface area contributed by atoms with E-state index in [0.29, 0.717) is 6.42 Å². The molecule has 2 aliphatic rings. The maximum atomic E-state index is 12.4. The minimum Gasteiger partial charge on any atom is -0.481 e. The quantitative estimate of drug-likeness (QED) is 0.832. The van der Waals surface area contributed by atoms with Crippen LogP contribution in [0.3, 0.4) is 0 Å². The molecular formula is C13H21NO3S. The fourth-order valence-corrected chi connectivity index (χ4v) is 3.75. The summed E-state index contributed by atoms with van der Waals surface area (Å²) in [5.74, 6) is 1.24. The van der Waals surface area contributed by atoms with E-state index < -0.39 is 5.97 Å². The third-order valence-electron chi connectivity index (χ3n) is 3.91. The molecule has 5 heteroatoms. The Balaban J connectivity index is 1.92. The second-order valence-electron chi connectivity index (χ2n) is 5.19. The van der Waals surface area contributed by atoms with Gasteiger partial charge in [0.05, 0.1) is 5.92 Å². The van der Waals surface area contributed by atoms with Gasteiger partial charge in [0.25, 0.3) is 0 Å². The lowest BCUT2D eigenvalue weighted by molar-refractivity contribution is -0.145. The second-order valence-corrected chi connectivity index (χ2v) is 6.41. The Morgan fingerprint density at radius 2 is 1.83 bits per heavy atom. The summed E-state index contributed by atoms with van der Waals surface area (Å²) in [5, 5.41) is 9.06. The molecule has 1 aliphatic carbocycles. The number of thioether (sulfide) groups is 1. The van der Waals surface area contributed by atoms with Crippen molar-refractivity contribution in [2.24, 2.45) is 11.8 Å². The first-order valence-corrected chi connectivity index (χ1v) is 7.93. The highest BCUT2D eigenvalue weighted by Crippen LogP contribution is 2.31. The van der Waals surface area contributed by atoms with Crippen molar-refractivity contribution < 1.29 is 14.7 Å². The minimum absolute atomic E-state index is 0.0528. The van der Waals surface area contributed by atoms with E-state index in [1.54, 1.807) is 0 Å². The lowest BCUT2D eigenvalue weighted by atomic mass is 9.80. The summed E-state index contributed by atoms with van der Waals surface area (Å²) in [6.07, 6.45) is 4.07. The molecule has 102 valence electrons. The largest absolute Gasteiger partial charge is 0.481 e. The topological polar surface area (TPSA) is 57.6 Å². The highest BCUT2D eigenvalue weighted by molar-refractivity contribution is 7.99. The van der Waals surface area contributed by atoms with Crippen LogP contribution in [0.1, 0.15) is 32.1 Å². The Bertz CT molecular complexity index is 313. The molecule has 1 aliphatic heterocycles. The Hall–Kier alpha value is -0.710. The van der Waals surface area contributed by atoms with Crippen molar-refractivity contribution in [1.82, 2.24) is 4.90 Å². The Labute approximate surface area is 112 Å². The summed E-state index contributed by atoms with van der Waals surface area (Å²) in [5.41, 5.74) is 0. The minimum atomic E-state index is -0.737. The maximum absolute atomic E-state index is 12.4. The van der Waals surface area contributed by atoms with Crippen LogP contribution in [0.4, 0.5) is 0 Å². The SMILES string of the molecule is O=C(O)[C@H]1CCC[C@H](C(=O)N2CCCSCC2)C1. The van der Waals surface area contributed by atoms with Crippen molar-refractivity contribution in [3.63, 3.8) is 0 Å². The zero-order valence-corrected chi connectivity index (χ0v) is 11.5. The van der Waals surface area contributed by atoms with Gasteiger partial charge in [-0.25, -0.2) is 0 Å². The van der Waals surface area contributed by atoms with Crippen LogP contribution in [0, 0.1) is 11.8 Å². The third kappa shape index (κ3) is 3.40. The van der Waals surface area contributed by atoms with Crippen molar-refractivity contribution in [3.8, 4) is 0 Å². The van der Waals surface area contributed by atoms with Gasteiger partial charge in [0.15, 0.2) is 0 Å². The van der Waals surface area contributed by atoms with Crippen molar-refractivity contribution in [2.45, 2.75) is 32.1 Å². The Kier molecular flexibility index (Phi) is 4.92. The van der Waals surface area contributed by atoms with E-state index in [4.69, 9.17) is 5.11 Å². The van der Waals surface area contributed by atoms with E-state index in [2.05, 4.69) is 0 Å². The second kappa shape index (κ2) is 6.45. The van der Waals surface area contributed by atoms with E-state index in [1.807, 2.05) is 16.7 Å². The smallest absolute Gasteiger partial charge is 0.306 e. The number of nitrogens with zero attached hydrogens (tertiary/aromatic N) is 1. The van der Waals surface area contributed by atoms with Crippen molar-refractivity contribution in [2.75, 3.05) is 24.6 Å². The number of carbonyl (C=O) groups is 2. The van der Waals surface area contributed by atoms with Crippen molar-refractivity contribution >= 4 is 23.6 Å².